The molecule has 0 saturated carbocycles. The van der Waals surface area contributed by atoms with E-state index in [1.54, 1.807) is 16.9 Å². The number of hydrogen-bond donors (Lipinski definition) is 2. The molecule has 0 unspecified atom stereocenters. The van der Waals surface area contributed by atoms with Crippen LogP contribution in [0.3, 0.4) is 0 Å². The zero-order chi connectivity index (χ0) is 13.9. The van der Waals surface area contributed by atoms with Crippen LogP contribution in [0.15, 0.2) is 42.6 Å². The molecule has 0 spiro atoms. The minimum absolute atomic E-state index is 0.217. The molecule has 1 aromatic heterocycles. The fourth-order valence-corrected chi connectivity index (χ4v) is 1.59. The van der Waals surface area contributed by atoms with Crippen LogP contribution in [-0.2, 0) is 0 Å². The van der Waals surface area contributed by atoms with Gasteiger partial charge in [0.05, 0.1) is 5.69 Å². The zero-order valence-corrected chi connectivity index (χ0v) is 11.1. The van der Waals surface area contributed by atoms with Crippen molar-refractivity contribution in [2.24, 2.45) is 5.73 Å². The van der Waals surface area contributed by atoms with E-state index in [0.29, 0.717) is 12.2 Å². The number of nitrogens with two attached hydrogens (primary N) is 1. The Kier molecular flexibility index (Phi) is 3.66. The largest absolute Gasteiger partial charge is 0.344 e. The molecule has 1 aromatic carbocycles. The van der Waals surface area contributed by atoms with Crippen molar-refractivity contribution in [1.29, 1.82) is 0 Å². The number of nitrogens with zero attached hydrogens (tertiary/aromatic N) is 2. The maximum Gasteiger partial charge on any atom is 0.272 e. The van der Waals surface area contributed by atoms with Crippen LogP contribution >= 0.6 is 0 Å². The predicted molar refractivity (Wildman–Crippen MR) is 74.2 cm³/mol. The average molecular weight is 258 g/mol. The second kappa shape index (κ2) is 5.24. The fourth-order valence-electron chi connectivity index (χ4n) is 1.59. The molecular weight excluding hydrogens is 240 g/mol. The molecule has 2 rings (SSSR count). The van der Waals surface area contributed by atoms with E-state index in [-0.39, 0.29) is 5.91 Å². The van der Waals surface area contributed by atoms with E-state index in [0.717, 1.165) is 5.69 Å². The summed E-state index contributed by atoms with van der Waals surface area (Å²) >= 11 is 0. The van der Waals surface area contributed by atoms with E-state index in [2.05, 4.69) is 10.4 Å². The van der Waals surface area contributed by atoms with Gasteiger partial charge >= 0.3 is 0 Å². The molecule has 0 saturated heterocycles. The first kappa shape index (κ1) is 13.3. The number of aromatic nitrogens is 2. The first-order valence-corrected chi connectivity index (χ1v) is 6.15. The Bertz CT molecular complexity index is 560. The van der Waals surface area contributed by atoms with Gasteiger partial charge in [-0.25, -0.2) is 4.68 Å². The summed E-state index contributed by atoms with van der Waals surface area (Å²) in [5.41, 5.74) is 6.45. The third-order valence-electron chi connectivity index (χ3n) is 2.80. The highest BCUT2D eigenvalue weighted by atomic mass is 16.2. The lowest BCUT2D eigenvalue weighted by atomic mass is 10.1. The Hall–Kier alpha value is -2.14. The minimum atomic E-state index is -0.437. The van der Waals surface area contributed by atoms with Crippen molar-refractivity contribution in [3.05, 3.63) is 48.3 Å². The van der Waals surface area contributed by atoms with E-state index in [1.165, 1.54) is 0 Å². The molecule has 0 atom stereocenters. The van der Waals surface area contributed by atoms with Crippen molar-refractivity contribution in [1.82, 2.24) is 15.1 Å². The third-order valence-corrected chi connectivity index (χ3v) is 2.80. The van der Waals surface area contributed by atoms with Crippen LogP contribution in [0.1, 0.15) is 24.3 Å². The second-order valence-corrected chi connectivity index (χ2v) is 5.02. The van der Waals surface area contributed by atoms with Gasteiger partial charge in [-0.05, 0) is 32.0 Å². The quantitative estimate of drug-likeness (QED) is 0.869. The Balaban J connectivity index is 2.16. The second-order valence-electron chi connectivity index (χ2n) is 5.02. The first-order chi connectivity index (χ1) is 9.02. The summed E-state index contributed by atoms with van der Waals surface area (Å²) in [4.78, 5) is 12.0. The standard InChI is InChI=1S/C14H18N4O/c1-14(2,10-15)16-13(19)12-8-9-18(17-12)11-6-4-3-5-7-11/h3-9H,10,15H2,1-2H3,(H,16,19). The van der Waals surface area contributed by atoms with Gasteiger partial charge in [0.2, 0.25) is 0 Å². The third kappa shape index (κ3) is 3.20. The van der Waals surface area contributed by atoms with Gasteiger partial charge in [0.15, 0.2) is 5.69 Å². The maximum absolute atomic E-state index is 12.0. The van der Waals surface area contributed by atoms with Crippen molar-refractivity contribution in [2.75, 3.05) is 6.54 Å². The lowest BCUT2D eigenvalue weighted by molar-refractivity contribution is 0.0910. The molecule has 100 valence electrons. The van der Waals surface area contributed by atoms with Crippen LogP contribution in [0.5, 0.6) is 0 Å². The molecule has 0 fully saturated rings. The SMILES string of the molecule is CC(C)(CN)NC(=O)c1ccn(-c2ccccc2)n1. The Morgan fingerprint density at radius 2 is 2.00 bits per heavy atom. The smallest absolute Gasteiger partial charge is 0.272 e. The lowest BCUT2D eigenvalue weighted by Crippen LogP contribution is -2.48. The highest BCUT2D eigenvalue weighted by Crippen LogP contribution is 2.08. The molecule has 0 aliphatic heterocycles. The molecule has 19 heavy (non-hydrogen) atoms. The average Bonchev–Trinajstić information content (AvgIpc) is 2.89. The minimum Gasteiger partial charge on any atom is -0.344 e. The van der Waals surface area contributed by atoms with E-state index in [1.807, 2.05) is 44.2 Å². The molecule has 1 amide bonds. The lowest BCUT2D eigenvalue weighted by Gasteiger charge is -2.23. The summed E-state index contributed by atoms with van der Waals surface area (Å²) in [6, 6.07) is 11.3. The summed E-state index contributed by atoms with van der Waals surface area (Å²) in [6.07, 6.45) is 1.76. The number of rotatable bonds is 4. The van der Waals surface area contributed by atoms with Crippen molar-refractivity contribution in [3.8, 4) is 5.69 Å². The van der Waals surface area contributed by atoms with Crippen LogP contribution < -0.4 is 11.1 Å². The molecule has 1 heterocycles. The number of para-hydroxylation sites is 1. The number of benzene rings is 1. The van der Waals surface area contributed by atoms with Gasteiger partial charge in [0.1, 0.15) is 0 Å². The van der Waals surface area contributed by atoms with Gasteiger partial charge in [-0.1, -0.05) is 18.2 Å². The van der Waals surface area contributed by atoms with Gasteiger partial charge < -0.3 is 11.1 Å². The molecule has 0 aliphatic carbocycles. The molecular formula is C14H18N4O. The molecule has 0 radical (unpaired) electrons. The summed E-state index contributed by atoms with van der Waals surface area (Å²) in [5, 5.41) is 7.11. The zero-order valence-electron chi connectivity index (χ0n) is 11.1. The molecule has 5 nitrogen and oxygen atoms in total. The molecule has 5 heteroatoms. The van der Waals surface area contributed by atoms with E-state index < -0.39 is 5.54 Å². The van der Waals surface area contributed by atoms with Gasteiger partial charge in [0.25, 0.3) is 5.91 Å². The van der Waals surface area contributed by atoms with Crippen LogP contribution in [0, 0.1) is 0 Å². The van der Waals surface area contributed by atoms with Gasteiger partial charge in [0, 0.05) is 18.3 Å². The normalized spacial score (nSPS) is 11.3. The summed E-state index contributed by atoms with van der Waals surface area (Å²) in [6.45, 7) is 4.12. The summed E-state index contributed by atoms with van der Waals surface area (Å²) in [7, 11) is 0. The topological polar surface area (TPSA) is 72.9 Å². The van der Waals surface area contributed by atoms with Crippen molar-refractivity contribution >= 4 is 5.91 Å². The number of carbonyl (C=O) groups is 1. The Morgan fingerprint density at radius 1 is 1.32 bits per heavy atom. The highest BCUT2D eigenvalue weighted by Gasteiger charge is 2.20. The molecule has 2 aromatic rings. The van der Waals surface area contributed by atoms with Crippen LogP contribution in [0.4, 0.5) is 0 Å². The molecule has 0 bridgehead atoms. The van der Waals surface area contributed by atoms with Crippen LogP contribution in [0.25, 0.3) is 5.69 Å². The number of hydrogen-bond acceptors (Lipinski definition) is 3. The molecule has 3 N–H and O–H groups in total. The van der Waals surface area contributed by atoms with Gasteiger partial charge in [-0.15, -0.1) is 0 Å². The number of nitrogens with one attached hydrogen (secondary N) is 1. The van der Waals surface area contributed by atoms with Crippen LogP contribution in [0.2, 0.25) is 0 Å². The number of carbonyl (C=O) groups excluding carboxylic acids is 1. The van der Waals surface area contributed by atoms with Crippen molar-refractivity contribution < 1.29 is 4.79 Å². The molecule has 0 aliphatic rings. The van der Waals surface area contributed by atoms with E-state index in [4.69, 9.17) is 5.73 Å². The van der Waals surface area contributed by atoms with Gasteiger partial charge in [-0.2, -0.15) is 5.10 Å². The van der Waals surface area contributed by atoms with E-state index >= 15 is 0 Å². The monoisotopic (exact) mass is 258 g/mol. The Morgan fingerprint density at radius 3 is 2.63 bits per heavy atom. The van der Waals surface area contributed by atoms with Gasteiger partial charge in [-0.3, -0.25) is 4.79 Å². The summed E-state index contributed by atoms with van der Waals surface area (Å²) in [5.74, 6) is -0.217. The first-order valence-electron chi connectivity index (χ1n) is 6.15. The van der Waals surface area contributed by atoms with Crippen molar-refractivity contribution in [2.45, 2.75) is 19.4 Å². The fraction of sp³-hybridized carbons (Fsp3) is 0.286. The predicted octanol–water partition coefficient (Wildman–Crippen LogP) is 1.34. The number of amides is 1. The van der Waals surface area contributed by atoms with Crippen LogP contribution in [-0.4, -0.2) is 27.8 Å². The summed E-state index contributed by atoms with van der Waals surface area (Å²) < 4.78 is 1.67. The highest BCUT2D eigenvalue weighted by molar-refractivity contribution is 5.92. The van der Waals surface area contributed by atoms with Crippen molar-refractivity contribution in [3.63, 3.8) is 0 Å². The maximum atomic E-state index is 12.0. The Labute approximate surface area is 112 Å². The van der Waals surface area contributed by atoms with E-state index in [9.17, 15) is 4.79 Å².